The van der Waals surface area contributed by atoms with Gasteiger partial charge >= 0.3 is 5.97 Å². The molecule has 0 spiro atoms. The van der Waals surface area contributed by atoms with Crippen molar-refractivity contribution >= 4 is 15.8 Å². The van der Waals surface area contributed by atoms with Crippen molar-refractivity contribution in [1.29, 1.82) is 5.26 Å². The number of rotatable bonds is 6. The first-order valence-corrected chi connectivity index (χ1v) is 7.06. The van der Waals surface area contributed by atoms with Gasteiger partial charge in [0.15, 0.2) is 9.84 Å². The maximum Gasteiger partial charge on any atom is 0.337 e. The van der Waals surface area contributed by atoms with Crippen LogP contribution in [0.3, 0.4) is 0 Å². The zero-order valence-corrected chi connectivity index (χ0v) is 10.5. The summed E-state index contributed by atoms with van der Waals surface area (Å²) in [5.41, 5.74) is -0.210. The predicted molar refractivity (Wildman–Crippen MR) is 64.9 cm³/mol. The lowest BCUT2D eigenvalue weighted by Gasteiger charge is -2.06. The minimum atomic E-state index is -3.61. The number of unbranched alkanes of at least 4 members (excludes halogenated alkanes) is 2. The minimum absolute atomic E-state index is 0.140. The number of hydrogen-bond acceptors (Lipinski definition) is 4. The van der Waals surface area contributed by atoms with Crippen LogP contribution >= 0.6 is 0 Å². The molecule has 0 aliphatic rings. The molecule has 0 bridgehead atoms. The van der Waals surface area contributed by atoms with Crippen molar-refractivity contribution in [2.24, 2.45) is 0 Å². The monoisotopic (exact) mass is 267 g/mol. The summed E-state index contributed by atoms with van der Waals surface area (Å²) in [6.45, 7) is 0. The molecule has 0 saturated heterocycles. The van der Waals surface area contributed by atoms with Crippen molar-refractivity contribution in [2.75, 3.05) is 5.75 Å². The second-order valence-electron chi connectivity index (χ2n) is 3.74. The zero-order valence-electron chi connectivity index (χ0n) is 9.67. The van der Waals surface area contributed by atoms with Crippen molar-refractivity contribution in [3.63, 3.8) is 0 Å². The normalized spacial score (nSPS) is 10.8. The van der Waals surface area contributed by atoms with Gasteiger partial charge < -0.3 is 5.11 Å². The van der Waals surface area contributed by atoms with Crippen molar-refractivity contribution in [3.8, 4) is 6.07 Å². The molecule has 0 amide bonds. The summed E-state index contributed by atoms with van der Waals surface area (Å²) < 4.78 is 23.9. The van der Waals surface area contributed by atoms with Crippen LogP contribution in [-0.2, 0) is 9.84 Å². The maximum absolute atomic E-state index is 12.0. The Bertz CT molecular complexity index is 572. The highest BCUT2D eigenvalue weighted by molar-refractivity contribution is 7.91. The SMILES string of the molecule is N#CCCCCS(=O)(=O)c1ccccc1C(=O)O. The van der Waals surface area contributed by atoms with Gasteiger partial charge in [0.2, 0.25) is 0 Å². The summed E-state index contributed by atoms with van der Waals surface area (Å²) in [6, 6.07) is 7.48. The van der Waals surface area contributed by atoms with Crippen molar-refractivity contribution < 1.29 is 18.3 Å². The second-order valence-corrected chi connectivity index (χ2v) is 5.81. The van der Waals surface area contributed by atoms with Crippen LogP contribution in [0.4, 0.5) is 0 Å². The average Bonchev–Trinajstić information content (AvgIpc) is 2.35. The third-order valence-corrected chi connectivity index (χ3v) is 4.26. The van der Waals surface area contributed by atoms with Crippen LogP contribution in [0, 0.1) is 11.3 Å². The van der Waals surface area contributed by atoms with Gasteiger partial charge in [-0.3, -0.25) is 0 Å². The Balaban J connectivity index is 2.92. The molecule has 1 aromatic rings. The quantitative estimate of drug-likeness (QED) is 0.793. The van der Waals surface area contributed by atoms with Gasteiger partial charge in [-0.1, -0.05) is 12.1 Å². The molecule has 0 aliphatic heterocycles. The summed E-state index contributed by atoms with van der Waals surface area (Å²) in [4.78, 5) is 10.8. The van der Waals surface area contributed by atoms with E-state index in [-0.39, 0.29) is 16.2 Å². The third-order valence-electron chi connectivity index (χ3n) is 2.40. The van der Waals surface area contributed by atoms with Gasteiger partial charge in [-0.15, -0.1) is 0 Å². The van der Waals surface area contributed by atoms with E-state index in [1.807, 2.05) is 6.07 Å². The number of sulfone groups is 1. The third kappa shape index (κ3) is 3.57. The molecule has 1 rings (SSSR count). The lowest BCUT2D eigenvalue weighted by molar-refractivity contribution is 0.0692. The number of carboxylic acid groups (broad SMARTS) is 1. The van der Waals surface area contributed by atoms with E-state index in [1.54, 1.807) is 0 Å². The van der Waals surface area contributed by atoms with Crippen molar-refractivity contribution in [1.82, 2.24) is 0 Å². The van der Waals surface area contributed by atoms with Gasteiger partial charge in [-0.2, -0.15) is 5.26 Å². The zero-order chi connectivity index (χ0) is 13.6. The lowest BCUT2D eigenvalue weighted by Crippen LogP contribution is -2.12. The van der Waals surface area contributed by atoms with E-state index < -0.39 is 15.8 Å². The van der Waals surface area contributed by atoms with Gasteiger partial charge in [0.1, 0.15) is 0 Å². The lowest BCUT2D eigenvalue weighted by atomic mass is 10.2. The maximum atomic E-state index is 12.0. The van der Waals surface area contributed by atoms with Crippen LogP contribution in [0.25, 0.3) is 0 Å². The highest BCUT2D eigenvalue weighted by Crippen LogP contribution is 2.18. The van der Waals surface area contributed by atoms with E-state index in [4.69, 9.17) is 10.4 Å². The van der Waals surface area contributed by atoms with Crippen LogP contribution in [0.2, 0.25) is 0 Å². The van der Waals surface area contributed by atoms with Crippen LogP contribution in [0.5, 0.6) is 0 Å². The number of hydrogen-bond donors (Lipinski definition) is 1. The molecule has 6 heteroatoms. The Hall–Kier alpha value is -1.87. The Morgan fingerprint density at radius 3 is 2.56 bits per heavy atom. The summed E-state index contributed by atoms with van der Waals surface area (Å²) in [5.74, 6) is -1.40. The van der Waals surface area contributed by atoms with Gasteiger partial charge in [-0.05, 0) is 25.0 Å². The smallest absolute Gasteiger partial charge is 0.337 e. The molecule has 0 radical (unpaired) electrons. The fourth-order valence-electron chi connectivity index (χ4n) is 1.52. The summed E-state index contributed by atoms with van der Waals surface area (Å²) in [6.07, 6.45) is 1.14. The first-order valence-electron chi connectivity index (χ1n) is 5.41. The van der Waals surface area contributed by atoms with Crippen molar-refractivity contribution in [3.05, 3.63) is 29.8 Å². The molecular formula is C12H13NO4S. The van der Waals surface area contributed by atoms with Crippen molar-refractivity contribution in [2.45, 2.75) is 24.2 Å². The molecular weight excluding hydrogens is 254 g/mol. The molecule has 0 saturated carbocycles. The van der Waals surface area contributed by atoms with Crippen LogP contribution in [0.15, 0.2) is 29.2 Å². The Kier molecular flexibility index (Phi) is 4.86. The van der Waals surface area contributed by atoms with E-state index in [0.29, 0.717) is 19.3 Å². The number of benzene rings is 1. The first-order chi connectivity index (χ1) is 8.49. The summed E-state index contributed by atoms with van der Waals surface area (Å²) in [7, 11) is -3.61. The second kappa shape index (κ2) is 6.17. The fraction of sp³-hybridized carbons (Fsp3) is 0.333. The molecule has 96 valence electrons. The predicted octanol–water partition coefficient (Wildman–Crippen LogP) is 1.85. The number of nitrogens with zero attached hydrogens (tertiary/aromatic N) is 1. The van der Waals surface area contributed by atoms with Crippen LogP contribution < -0.4 is 0 Å². The molecule has 1 N–H and O–H groups in total. The molecule has 0 aromatic heterocycles. The summed E-state index contributed by atoms with van der Waals surface area (Å²) >= 11 is 0. The molecule has 18 heavy (non-hydrogen) atoms. The Morgan fingerprint density at radius 2 is 1.94 bits per heavy atom. The van der Waals surface area contributed by atoms with E-state index in [1.165, 1.54) is 24.3 Å². The van der Waals surface area contributed by atoms with E-state index in [0.717, 1.165) is 0 Å². The van der Waals surface area contributed by atoms with Crippen LogP contribution in [-0.4, -0.2) is 25.2 Å². The highest BCUT2D eigenvalue weighted by Gasteiger charge is 2.21. The molecule has 0 atom stereocenters. The minimum Gasteiger partial charge on any atom is -0.478 e. The van der Waals surface area contributed by atoms with E-state index >= 15 is 0 Å². The Morgan fingerprint density at radius 1 is 1.28 bits per heavy atom. The van der Waals surface area contributed by atoms with Gasteiger partial charge in [-0.25, -0.2) is 13.2 Å². The molecule has 1 aromatic carbocycles. The fourth-order valence-corrected chi connectivity index (χ4v) is 3.10. The van der Waals surface area contributed by atoms with E-state index in [2.05, 4.69) is 0 Å². The largest absolute Gasteiger partial charge is 0.478 e. The topological polar surface area (TPSA) is 95.2 Å². The number of nitriles is 1. The molecule has 5 nitrogen and oxygen atoms in total. The highest BCUT2D eigenvalue weighted by atomic mass is 32.2. The molecule has 0 aliphatic carbocycles. The van der Waals surface area contributed by atoms with Crippen LogP contribution in [0.1, 0.15) is 29.6 Å². The van der Waals surface area contributed by atoms with Gasteiger partial charge in [0.05, 0.1) is 22.3 Å². The standard InChI is InChI=1S/C12H13NO4S/c13-8-4-1-5-9-18(16,17)11-7-3-2-6-10(11)12(14)15/h2-3,6-7H,1,4-5,9H2,(H,14,15). The molecule has 0 fully saturated rings. The van der Waals surface area contributed by atoms with Gasteiger partial charge in [0.25, 0.3) is 0 Å². The average molecular weight is 267 g/mol. The van der Waals surface area contributed by atoms with Gasteiger partial charge in [0, 0.05) is 6.42 Å². The number of carboxylic acids is 1. The Labute approximate surface area is 106 Å². The summed E-state index contributed by atoms with van der Waals surface area (Å²) in [5, 5.41) is 17.3. The number of aromatic carboxylic acids is 1. The molecule has 0 unspecified atom stereocenters. The number of carbonyl (C=O) groups is 1. The van der Waals surface area contributed by atoms with E-state index in [9.17, 15) is 13.2 Å². The molecule has 0 heterocycles. The first kappa shape index (κ1) is 14.2.